The number of carbonyl (C=O) groups excluding carboxylic acids is 2. The number of hydrogen-bond donors (Lipinski definition) is 0. The second-order valence-electron chi connectivity index (χ2n) is 9.18. The lowest BCUT2D eigenvalue weighted by molar-refractivity contribution is 0.0240. The number of carbonyl (C=O) groups is 2. The van der Waals surface area contributed by atoms with Gasteiger partial charge in [0.2, 0.25) is 0 Å². The molecule has 0 N–H and O–H groups in total. The molecule has 0 unspecified atom stereocenters. The van der Waals surface area contributed by atoms with E-state index in [4.69, 9.17) is 27.9 Å². The van der Waals surface area contributed by atoms with Gasteiger partial charge in [-0.3, -0.25) is 4.79 Å². The van der Waals surface area contributed by atoms with Gasteiger partial charge in [-0.25, -0.2) is 9.78 Å². The molecule has 180 valence electrons. The molecule has 1 aliphatic rings. The van der Waals surface area contributed by atoms with Crippen LogP contribution in [-0.2, 0) is 4.74 Å². The Morgan fingerprint density at radius 1 is 1.06 bits per heavy atom. The van der Waals surface area contributed by atoms with E-state index >= 15 is 0 Å². The Bertz CT molecular complexity index is 1120. The zero-order chi connectivity index (χ0) is 25.2. The first-order chi connectivity index (χ1) is 15.9. The van der Waals surface area contributed by atoms with Crippen LogP contribution in [0.3, 0.4) is 0 Å². The highest BCUT2D eigenvalue weighted by Gasteiger charge is 2.27. The van der Waals surface area contributed by atoms with Gasteiger partial charge in [0.1, 0.15) is 17.5 Å². The van der Waals surface area contributed by atoms with Gasteiger partial charge < -0.3 is 19.4 Å². The van der Waals surface area contributed by atoms with Crippen LogP contribution >= 0.6 is 23.2 Å². The fourth-order valence-electron chi connectivity index (χ4n) is 3.54. The summed E-state index contributed by atoms with van der Waals surface area (Å²) < 4.78 is 5.44. The molecule has 8 nitrogen and oxygen atoms in total. The monoisotopic (exact) mass is 503 g/mol. The standard InChI is InChI=1S/C24H27Cl2N5O3/c1-24(2,3)34-23(33)31-8-6-30(7-9-31)21-16(13-27)10-17(14-28-21)15-11-18(25)20(19(26)12-15)22(32)29(4)5/h10-12,14H,6-9H2,1-5H3. The van der Waals surface area contributed by atoms with Crippen molar-refractivity contribution >= 4 is 41.0 Å². The first kappa shape index (κ1) is 25.6. The Morgan fingerprint density at radius 2 is 1.65 bits per heavy atom. The predicted octanol–water partition coefficient (Wildman–Crippen LogP) is 4.69. The Balaban J connectivity index is 1.81. The SMILES string of the molecule is CN(C)C(=O)c1c(Cl)cc(-c2cnc(N3CCN(C(=O)OC(C)(C)C)CC3)c(C#N)c2)cc1Cl. The normalized spacial score (nSPS) is 13.9. The predicted molar refractivity (Wildman–Crippen MR) is 132 cm³/mol. The summed E-state index contributed by atoms with van der Waals surface area (Å²) >= 11 is 12.7. The summed E-state index contributed by atoms with van der Waals surface area (Å²) in [5.41, 5.74) is 1.37. The minimum Gasteiger partial charge on any atom is -0.444 e. The summed E-state index contributed by atoms with van der Waals surface area (Å²) in [6.07, 6.45) is 1.30. The minimum atomic E-state index is -0.552. The second kappa shape index (κ2) is 10.1. The lowest BCUT2D eigenvalue weighted by atomic mass is 10.0. The maximum absolute atomic E-state index is 12.4. The van der Waals surface area contributed by atoms with E-state index in [0.717, 1.165) is 0 Å². The molecule has 10 heteroatoms. The molecule has 1 aliphatic heterocycles. The van der Waals surface area contributed by atoms with Crippen LogP contribution in [0.2, 0.25) is 10.0 Å². The zero-order valence-corrected chi connectivity index (χ0v) is 21.4. The maximum atomic E-state index is 12.4. The van der Waals surface area contributed by atoms with Crippen molar-refractivity contribution in [2.45, 2.75) is 26.4 Å². The van der Waals surface area contributed by atoms with Crippen LogP contribution in [0.4, 0.5) is 10.6 Å². The lowest BCUT2D eigenvalue weighted by Gasteiger charge is -2.36. The Morgan fingerprint density at radius 3 is 2.15 bits per heavy atom. The van der Waals surface area contributed by atoms with Crippen molar-refractivity contribution in [1.29, 1.82) is 5.26 Å². The highest BCUT2D eigenvalue weighted by atomic mass is 35.5. The number of anilines is 1. The second-order valence-corrected chi connectivity index (χ2v) is 9.99. The van der Waals surface area contributed by atoms with Crippen LogP contribution in [0.25, 0.3) is 11.1 Å². The van der Waals surface area contributed by atoms with Crippen LogP contribution in [0, 0.1) is 11.3 Å². The van der Waals surface area contributed by atoms with E-state index in [1.807, 2.05) is 25.7 Å². The molecule has 2 amide bonds. The fraction of sp³-hybridized carbons (Fsp3) is 0.417. The van der Waals surface area contributed by atoms with Crippen LogP contribution in [0.5, 0.6) is 0 Å². The number of nitriles is 1. The molecule has 0 bridgehead atoms. The fourth-order valence-corrected chi connectivity index (χ4v) is 4.19. The van der Waals surface area contributed by atoms with Gasteiger partial charge in [-0.2, -0.15) is 5.26 Å². The number of halogens is 2. The minimum absolute atomic E-state index is 0.224. The molecule has 1 saturated heterocycles. The number of aromatic nitrogens is 1. The van der Waals surface area contributed by atoms with Gasteiger partial charge in [0, 0.05) is 52.0 Å². The number of nitrogens with zero attached hydrogens (tertiary/aromatic N) is 5. The molecule has 0 atom stereocenters. The van der Waals surface area contributed by atoms with Gasteiger partial charge in [-0.1, -0.05) is 23.2 Å². The lowest BCUT2D eigenvalue weighted by Crippen LogP contribution is -2.50. The van der Waals surface area contributed by atoms with Crippen LogP contribution in [-0.4, -0.2) is 72.7 Å². The quantitative estimate of drug-likeness (QED) is 0.603. The van der Waals surface area contributed by atoms with Gasteiger partial charge in [-0.05, 0) is 44.5 Å². The van der Waals surface area contributed by atoms with Crippen LogP contribution < -0.4 is 4.90 Å². The number of hydrogen-bond acceptors (Lipinski definition) is 6. The summed E-state index contributed by atoms with van der Waals surface area (Å²) in [6, 6.07) is 7.21. The molecule has 0 saturated carbocycles. The third-order valence-electron chi connectivity index (χ3n) is 5.21. The Kier molecular flexibility index (Phi) is 7.59. The van der Waals surface area contributed by atoms with Crippen LogP contribution in [0.1, 0.15) is 36.7 Å². The van der Waals surface area contributed by atoms with E-state index in [1.54, 1.807) is 43.4 Å². The Hall–Kier alpha value is -3.02. The molecular weight excluding hydrogens is 477 g/mol. The van der Waals surface area contributed by atoms with E-state index in [9.17, 15) is 14.9 Å². The van der Waals surface area contributed by atoms with Crippen molar-refractivity contribution in [3.63, 3.8) is 0 Å². The van der Waals surface area contributed by atoms with E-state index in [-0.39, 0.29) is 27.6 Å². The largest absolute Gasteiger partial charge is 0.444 e. The van der Waals surface area contributed by atoms with Crippen molar-refractivity contribution in [3.8, 4) is 17.2 Å². The molecule has 3 rings (SSSR count). The molecule has 1 aromatic heterocycles. The number of ether oxygens (including phenoxy) is 1. The van der Waals surface area contributed by atoms with Crippen molar-refractivity contribution in [1.82, 2.24) is 14.8 Å². The topological polar surface area (TPSA) is 89.8 Å². The number of rotatable bonds is 3. The van der Waals surface area contributed by atoms with Gasteiger partial charge in [0.05, 0.1) is 21.2 Å². The van der Waals surface area contributed by atoms with Gasteiger partial charge in [-0.15, -0.1) is 0 Å². The molecule has 2 heterocycles. The average molecular weight is 504 g/mol. The van der Waals surface area contributed by atoms with E-state index < -0.39 is 5.60 Å². The smallest absolute Gasteiger partial charge is 0.410 e. The molecular formula is C24H27Cl2N5O3. The third kappa shape index (κ3) is 5.72. The van der Waals surface area contributed by atoms with Gasteiger partial charge >= 0.3 is 6.09 Å². The van der Waals surface area contributed by atoms with Gasteiger partial charge in [0.25, 0.3) is 5.91 Å². The van der Waals surface area contributed by atoms with Crippen molar-refractivity contribution in [3.05, 3.63) is 45.6 Å². The summed E-state index contributed by atoms with van der Waals surface area (Å²) in [6.45, 7) is 7.49. The number of benzene rings is 1. The summed E-state index contributed by atoms with van der Waals surface area (Å²) in [5, 5.41) is 10.2. The zero-order valence-electron chi connectivity index (χ0n) is 19.9. The van der Waals surface area contributed by atoms with Crippen LogP contribution in [0.15, 0.2) is 24.4 Å². The Labute approximate surface area is 209 Å². The van der Waals surface area contributed by atoms with Crippen molar-refractivity contribution in [2.24, 2.45) is 0 Å². The molecule has 0 radical (unpaired) electrons. The number of amides is 2. The van der Waals surface area contributed by atoms with Crippen molar-refractivity contribution < 1.29 is 14.3 Å². The molecule has 2 aromatic rings. The maximum Gasteiger partial charge on any atom is 0.410 e. The van der Waals surface area contributed by atoms with E-state index in [2.05, 4.69) is 11.1 Å². The third-order valence-corrected chi connectivity index (χ3v) is 5.81. The molecule has 1 fully saturated rings. The number of piperazine rings is 1. The van der Waals surface area contributed by atoms with Crippen molar-refractivity contribution in [2.75, 3.05) is 45.2 Å². The summed E-state index contributed by atoms with van der Waals surface area (Å²) in [4.78, 5) is 34.2. The molecule has 0 spiro atoms. The first-order valence-electron chi connectivity index (χ1n) is 10.8. The molecule has 0 aliphatic carbocycles. The summed E-state index contributed by atoms with van der Waals surface area (Å²) in [7, 11) is 3.25. The highest BCUT2D eigenvalue weighted by Crippen LogP contribution is 2.33. The molecule has 1 aromatic carbocycles. The average Bonchev–Trinajstić information content (AvgIpc) is 2.77. The first-order valence-corrected chi connectivity index (χ1v) is 11.5. The molecule has 34 heavy (non-hydrogen) atoms. The highest BCUT2D eigenvalue weighted by molar-refractivity contribution is 6.40. The van der Waals surface area contributed by atoms with Gasteiger partial charge in [0.15, 0.2) is 0 Å². The van der Waals surface area contributed by atoms with E-state index in [0.29, 0.717) is 48.7 Å². The van der Waals surface area contributed by atoms with E-state index in [1.165, 1.54) is 4.90 Å². The summed E-state index contributed by atoms with van der Waals surface area (Å²) in [5.74, 6) is 0.255. The number of pyridine rings is 1.